The highest BCUT2D eigenvalue weighted by Crippen LogP contribution is 2.20. The highest BCUT2D eigenvalue weighted by Gasteiger charge is 2.31. The van der Waals surface area contributed by atoms with Crippen LogP contribution in [0.25, 0.3) is 0 Å². The molecule has 0 amide bonds. The average Bonchev–Trinajstić information content (AvgIpc) is 2.20. The van der Waals surface area contributed by atoms with E-state index in [0.29, 0.717) is 0 Å². The molecule has 0 radical (unpaired) electrons. The van der Waals surface area contributed by atoms with Gasteiger partial charge in [0.15, 0.2) is 0 Å². The summed E-state index contributed by atoms with van der Waals surface area (Å²) in [5.74, 6) is -1.31. The number of rotatable bonds is 2. The zero-order chi connectivity index (χ0) is 10.9. The number of Topliss-reactive ketones (excluding diaryl/α,β-unsaturated/α-hetero) is 2. The van der Waals surface area contributed by atoms with Gasteiger partial charge < -0.3 is 11.5 Å². The third-order valence-corrected chi connectivity index (χ3v) is 1.75. The van der Waals surface area contributed by atoms with Crippen molar-refractivity contribution in [3.8, 4) is 0 Å². The SMILES string of the molecule is C=NC1=C(N=C)C(=O)C(N)=C(N)C1=O. The van der Waals surface area contributed by atoms with Crippen LogP contribution in [-0.4, -0.2) is 25.0 Å². The number of carbonyl (C=O) groups is 2. The van der Waals surface area contributed by atoms with Crippen LogP contribution in [0.15, 0.2) is 32.8 Å². The van der Waals surface area contributed by atoms with Crippen LogP contribution in [0.2, 0.25) is 0 Å². The van der Waals surface area contributed by atoms with Gasteiger partial charge in [-0.25, -0.2) is 0 Å². The van der Waals surface area contributed by atoms with E-state index in [-0.39, 0.29) is 22.8 Å². The van der Waals surface area contributed by atoms with Crippen molar-refractivity contribution in [1.82, 2.24) is 0 Å². The van der Waals surface area contributed by atoms with E-state index < -0.39 is 11.6 Å². The van der Waals surface area contributed by atoms with Gasteiger partial charge in [-0.2, -0.15) is 0 Å². The molecule has 1 rings (SSSR count). The molecule has 0 saturated heterocycles. The van der Waals surface area contributed by atoms with Crippen molar-refractivity contribution in [2.45, 2.75) is 0 Å². The van der Waals surface area contributed by atoms with Crippen LogP contribution in [0.3, 0.4) is 0 Å². The molecule has 14 heavy (non-hydrogen) atoms. The summed E-state index contributed by atoms with van der Waals surface area (Å²) in [5.41, 5.74) is 9.51. The Kier molecular flexibility index (Phi) is 2.29. The Morgan fingerprint density at radius 2 is 1.14 bits per heavy atom. The lowest BCUT2D eigenvalue weighted by atomic mass is 10.0. The Morgan fingerprint density at radius 3 is 1.36 bits per heavy atom. The summed E-state index contributed by atoms with van der Waals surface area (Å²) in [6.45, 7) is 6.28. The summed E-state index contributed by atoms with van der Waals surface area (Å²) in [7, 11) is 0. The van der Waals surface area contributed by atoms with Crippen molar-refractivity contribution in [2.75, 3.05) is 0 Å². The maximum Gasteiger partial charge on any atom is 0.231 e. The van der Waals surface area contributed by atoms with Crippen LogP contribution < -0.4 is 11.5 Å². The molecule has 0 bridgehead atoms. The Morgan fingerprint density at radius 1 is 0.857 bits per heavy atom. The first-order valence-corrected chi connectivity index (χ1v) is 3.57. The molecule has 0 heterocycles. The van der Waals surface area contributed by atoms with E-state index in [1.54, 1.807) is 0 Å². The molecule has 0 aromatic carbocycles. The Balaban J connectivity index is 3.46. The molecule has 72 valence electrons. The fourth-order valence-corrected chi connectivity index (χ4v) is 1.01. The summed E-state index contributed by atoms with van der Waals surface area (Å²) in [6.07, 6.45) is 0. The summed E-state index contributed by atoms with van der Waals surface area (Å²) >= 11 is 0. The monoisotopic (exact) mass is 192 g/mol. The van der Waals surface area contributed by atoms with E-state index in [1.807, 2.05) is 0 Å². The Bertz CT molecular complexity index is 379. The van der Waals surface area contributed by atoms with Crippen LogP contribution in [0.4, 0.5) is 0 Å². The first-order valence-electron chi connectivity index (χ1n) is 3.57. The van der Waals surface area contributed by atoms with Gasteiger partial charge in [0.05, 0.1) is 0 Å². The first kappa shape index (κ1) is 9.85. The number of aliphatic imine (C=N–C) groups is 2. The number of hydrogen-bond donors (Lipinski definition) is 2. The second kappa shape index (κ2) is 3.25. The van der Waals surface area contributed by atoms with Gasteiger partial charge in [-0.15, -0.1) is 0 Å². The molecular weight excluding hydrogens is 184 g/mol. The smallest absolute Gasteiger partial charge is 0.231 e. The maximum atomic E-state index is 11.4. The predicted octanol–water partition coefficient (Wildman–Crippen LogP) is -1.12. The lowest BCUT2D eigenvalue weighted by molar-refractivity contribution is -0.116. The van der Waals surface area contributed by atoms with Gasteiger partial charge in [-0.3, -0.25) is 19.6 Å². The number of ketones is 2. The molecule has 6 heteroatoms. The zero-order valence-electron chi connectivity index (χ0n) is 7.28. The standard InChI is InChI=1S/C8H8N4O2/c1-11-5-6(12-2)8(14)4(10)3(9)7(5)13/h1-2,9-10H2. The van der Waals surface area contributed by atoms with E-state index in [0.717, 1.165) is 0 Å². The minimum Gasteiger partial charge on any atom is -0.394 e. The van der Waals surface area contributed by atoms with Crippen molar-refractivity contribution in [3.63, 3.8) is 0 Å². The normalized spacial score (nSPS) is 17.4. The highest BCUT2D eigenvalue weighted by molar-refractivity contribution is 6.24. The first-order chi connectivity index (χ1) is 6.54. The molecule has 6 nitrogen and oxygen atoms in total. The van der Waals surface area contributed by atoms with Crippen molar-refractivity contribution < 1.29 is 9.59 Å². The van der Waals surface area contributed by atoms with E-state index in [4.69, 9.17) is 11.5 Å². The van der Waals surface area contributed by atoms with Gasteiger partial charge in [0.1, 0.15) is 22.8 Å². The minimum atomic E-state index is -0.653. The molecule has 0 atom stereocenters. The molecule has 0 fully saturated rings. The molecule has 1 aliphatic carbocycles. The van der Waals surface area contributed by atoms with Crippen LogP contribution in [0.5, 0.6) is 0 Å². The average molecular weight is 192 g/mol. The molecule has 4 N–H and O–H groups in total. The van der Waals surface area contributed by atoms with Gasteiger partial charge in [0.25, 0.3) is 0 Å². The Labute approximate surface area is 79.7 Å². The molecule has 0 saturated carbocycles. The summed E-state index contributed by atoms with van der Waals surface area (Å²) in [6, 6.07) is 0. The maximum absolute atomic E-state index is 11.4. The molecule has 0 spiro atoms. The minimum absolute atomic E-state index is 0.211. The van der Waals surface area contributed by atoms with Crippen LogP contribution >= 0.6 is 0 Å². The van der Waals surface area contributed by atoms with E-state index in [1.165, 1.54) is 0 Å². The lowest BCUT2D eigenvalue weighted by Crippen LogP contribution is -2.30. The molecule has 0 unspecified atom stereocenters. The van der Waals surface area contributed by atoms with Crippen LogP contribution in [0, 0.1) is 0 Å². The molecular formula is C8H8N4O2. The third kappa shape index (κ3) is 1.13. The second-order valence-corrected chi connectivity index (χ2v) is 2.50. The van der Waals surface area contributed by atoms with Crippen molar-refractivity contribution in [3.05, 3.63) is 22.8 Å². The predicted molar refractivity (Wildman–Crippen MR) is 51.5 cm³/mol. The van der Waals surface area contributed by atoms with Gasteiger partial charge in [0.2, 0.25) is 11.6 Å². The third-order valence-electron chi connectivity index (χ3n) is 1.75. The Hall–Kier alpha value is -2.24. The number of nitrogens with two attached hydrogens (primary N) is 2. The largest absolute Gasteiger partial charge is 0.394 e. The number of carbonyl (C=O) groups excluding carboxylic acids is 2. The lowest BCUT2D eigenvalue weighted by Gasteiger charge is -2.13. The molecule has 0 aromatic rings. The fourth-order valence-electron chi connectivity index (χ4n) is 1.01. The highest BCUT2D eigenvalue weighted by atomic mass is 16.1. The summed E-state index contributed by atoms with van der Waals surface area (Å²) in [5, 5.41) is 0. The summed E-state index contributed by atoms with van der Waals surface area (Å²) in [4.78, 5) is 29.5. The number of nitrogens with zero attached hydrogens (tertiary/aromatic N) is 2. The van der Waals surface area contributed by atoms with Crippen molar-refractivity contribution >= 4 is 25.0 Å². The van der Waals surface area contributed by atoms with Crippen molar-refractivity contribution in [1.29, 1.82) is 0 Å². The van der Waals surface area contributed by atoms with Crippen LogP contribution in [0.1, 0.15) is 0 Å². The van der Waals surface area contributed by atoms with Gasteiger partial charge in [-0.1, -0.05) is 0 Å². The second-order valence-electron chi connectivity index (χ2n) is 2.50. The van der Waals surface area contributed by atoms with Crippen LogP contribution in [-0.2, 0) is 9.59 Å². The van der Waals surface area contributed by atoms with E-state index >= 15 is 0 Å². The van der Waals surface area contributed by atoms with E-state index in [9.17, 15) is 9.59 Å². The fraction of sp³-hybridized carbons (Fsp3) is 0. The van der Waals surface area contributed by atoms with E-state index in [2.05, 4.69) is 23.4 Å². The molecule has 0 aliphatic heterocycles. The van der Waals surface area contributed by atoms with Gasteiger partial charge in [-0.05, 0) is 13.4 Å². The van der Waals surface area contributed by atoms with Gasteiger partial charge >= 0.3 is 0 Å². The summed E-state index contributed by atoms with van der Waals surface area (Å²) < 4.78 is 0. The van der Waals surface area contributed by atoms with Gasteiger partial charge in [0, 0.05) is 0 Å². The zero-order valence-corrected chi connectivity index (χ0v) is 7.28. The molecule has 0 aromatic heterocycles. The molecule has 1 aliphatic rings. The van der Waals surface area contributed by atoms with Crippen molar-refractivity contribution in [2.24, 2.45) is 21.5 Å². The topological polar surface area (TPSA) is 111 Å². The number of hydrogen-bond acceptors (Lipinski definition) is 6. The quantitative estimate of drug-likeness (QED) is 0.426.